The van der Waals surface area contributed by atoms with E-state index < -0.39 is 0 Å². The van der Waals surface area contributed by atoms with Crippen LogP contribution in [0, 0.1) is 5.92 Å². The second-order valence-corrected chi connectivity index (χ2v) is 7.59. The number of benzene rings is 1. The molecule has 2 N–H and O–H groups in total. The van der Waals surface area contributed by atoms with Gasteiger partial charge in [-0.1, -0.05) is 28.1 Å². The zero-order valence-corrected chi connectivity index (χ0v) is 15.9. The van der Waals surface area contributed by atoms with E-state index in [0.717, 1.165) is 39.4 Å². The number of carbonyl (C=O) groups excluding carboxylic acids is 1. The Bertz CT molecular complexity index is 638. The monoisotopic (exact) mass is 414 g/mol. The van der Waals surface area contributed by atoms with Crippen molar-refractivity contribution in [3.05, 3.63) is 45.7 Å². The second kappa shape index (κ2) is 8.83. The first kappa shape index (κ1) is 18.5. The number of carbonyl (C=O) groups is 1. The topological polar surface area (TPSA) is 41.1 Å². The smallest absolute Gasteiger partial charge is 0.261 e. The van der Waals surface area contributed by atoms with Gasteiger partial charge in [-0.15, -0.1) is 23.7 Å². The van der Waals surface area contributed by atoms with E-state index in [-0.39, 0.29) is 18.3 Å². The van der Waals surface area contributed by atoms with Crippen molar-refractivity contribution in [2.24, 2.45) is 5.92 Å². The lowest BCUT2D eigenvalue weighted by Gasteiger charge is -2.22. The summed E-state index contributed by atoms with van der Waals surface area (Å²) in [5, 5.41) is 6.44. The summed E-state index contributed by atoms with van der Waals surface area (Å²) in [7, 11) is 0. The lowest BCUT2D eigenvalue weighted by molar-refractivity contribution is 0.0949. The van der Waals surface area contributed by atoms with Crippen LogP contribution in [0.3, 0.4) is 0 Å². The van der Waals surface area contributed by atoms with E-state index in [1.54, 1.807) is 11.3 Å². The van der Waals surface area contributed by atoms with E-state index in [9.17, 15) is 4.79 Å². The van der Waals surface area contributed by atoms with E-state index >= 15 is 0 Å². The Hall–Kier alpha value is -0.880. The van der Waals surface area contributed by atoms with Crippen LogP contribution in [0.2, 0.25) is 0 Å². The third-order valence-electron chi connectivity index (χ3n) is 3.91. The highest BCUT2D eigenvalue weighted by Gasteiger charge is 2.15. The zero-order valence-electron chi connectivity index (χ0n) is 12.7. The molecule has 3 rings (SSSR count). The predicted octanol–water partition coefficient (Wildman–Crippen LogP) is 4.33. The Morgan fingerprint density at radius 2 is 2.04 bits per heavy atom. The molecule has 2 aromatic rings. The van der Waals surface area contributed by atoms with Crippen molar-refractivity contribution in [2.45, 2.75) is 12.8 Å². The van der Waals surface area contributed by atoms with Gasteiger partial charge >= 0.3 is 0 Å². The minimum absolute atomic E-state index is 0. The molecule has 1 unspecified atom stereocenters. The minimum Gasteiger partial charge on any atom is -0.351 e. The van der Waals surface area contributed by atoms with Crippen LogP contribution in [0.25, 0.3) is 10.4 Å². The van der Waals surface area contributed by atoms with Gasteiger partial charge in [0.15, 0.2) is 0 Å². The number of nitrogens with one attached hydrogen (secondary N) is 2. The normalized spacial score (nSPS) is 17.3. The van der Waals surface area contributed by atoms with Gasteiger partial charge in [0.2, 0.25) is 0 Å². The average Bonchev–Trinajstić information content (AvgIpc) is 3.04. The van der Waals surface area contributed by atoms with Gasteiger partial charge in [-0.3, -0.25) is 4.79 Å². The van der Waals surface area contributed by atoms with Crippen LogP contribution >= 0.6 is 39.7 Å². The first-order valence-electron chi connectivity index (χ1n) is 7.57. The molecule has 6 heteroatoms. The van der Waals surface area contributed by atoms with Gasteiger partial charge in [-0.05, 0) is 61.7 Å². The Kier molecular flexibility index (Phi) is 7.09. The van der Waals surface area contributed by atoms with Crippen LogP contribution in [0.4, 0.5) is 0 Å². The lowest BCUT2D eigenvalue weighted by atomic mass is 10.00. The van der Waals surface area contributed by atoms with E-state index in [0.29, 0.717) is 5.92 Å². The molecule has 2 heterocycles. The average molecular weight is 416 g/mol. The van der Waals surface area contributed by atoms with Gasteiger partial charge in [0.1, 0.15) is 0 Å². The Morgan fingerprint density at radius 1 is 1.26 bits per heavy atom. The van der Waals surface area contributed by atoms with Crippen molar-refractivity contribution < 1.29 is 4.79 Å². The fraction of sp³-hybridized carbons (Fsp3) is 0.353. The second-order valence-electron chi connectivity index (χ2n) is 5.59. The van der Waals surface area contributed by atoms with Gasteiger partial charge in [0.25, 0.3) is 5.91 Å². The van der Waals surface area contributed by atoms with Crippen LogP contribution in [-0.4, -0.2) is 25.5 Å². The molecule has 1 fully saturated rings. The van der Waals surface area contributed by atoms with Gasteiger partial charge in [0, 0.05) is 15.9 Å². The van der Waals surface area contributed by atoms with Crippen molar-refractivity contribution in [1.82, 2.24) is 10.6 Å². The van der Waals surface area contributed by atoms with Crippen molar-refractivity contribution in [2.75, 3.05) is 19.6 Å². The molecule has 1 aromatic carbocycles. The molecule has 1 atom stereocenters. The molecule has 1 aliphatic heterocycles. The molecule has 1 aromatic heterocycles. The maximum Gasteiger partial charge on any atom is 0.261 e. The van der Waals surface area contributed by atoms with Crippen molar-refractivity contribution in [1.29, 1.82) is 0 Å². The first-order chi connectivity index (χ1) is 10.7. The summed E-state index contributed by atoms with van der Waals surface area (Å²) < 4.78 is 1.06. The van der Waals surface area contributed by atoms with Crippen molar-refractivity contribution >= 4 is 45.6 Å². The third-order valence-corrected chi connectivity index (χ3v) is 5.57. The lowest BCUT2D eigenvalue weighted by Crippen LogP contribution is -2.37. The fourth-order valence-electron chi connectivity index (χ4n) is 2.65. The maximum atomic E-state index is 12.3. The third kappa shape index (κ3) is 5.05. The molecule has 1 aliphatic rings. The van der Waals surface area contributed by atoms with E-state index in [4.69, 9.17) is 0 Å². The summed E-state index contributed by atoms with van der Waals surface area (Å²) in [4.78, 5) is 14.2. The number of hydrogen-bond donors (Lipinski definition) is 2. The number of piperidine rings is 1. The summed E-state index contributed by atoms with van der Waals surface area (Å²) in [6.45, 7) is 2.87. The number of thiophene rings is 1. The molecular formula is C17H20BrClN2OS. The number of halogens is 2. The molecule has 1 saturated heterocycles. The summed E-state index contributed by atoms with van der Waals surface area (Å²) in [5.41, 5.74) is 1.14. The minimum atomic E-state index is 0. The van der Waals surface area contributed by atoms with Gasteiger partial charge in [-0.25, -0.2) is 0 Å². The summed E-state index contributed by atoms with van der Waals surface area (Å²) in [5.74, 6) is 0.600. The highest BCUT2D eigenvalue weighted by Crippen LogP contribution is 2.29. The SMILES string of the molecule is Cl.O=C(NCC1CCCNC1)c1ccc(-c2ccc(Br)cc2)s1. The maximum absolute atomic E-state index is 12.3. The zero-order chi connectivity index (χ0) is 15.4. The molecule has 0 saturated carbocycles. The molecule has 1 amide bonds. The number of rotatable bonds is 4. The largest absolute Gasteiger partial charge is 0.351 e. The van der Waals surface area contributed by atoms with Crippen LogP contribution in [-0.2, 0) is 0 Å². The van der Waals surface area contributed by atoms with Crippen LogP contribution in [0.5, 0.6) is 0 Å². The van der Waals surface area contributed by atoms with Crippen LogP contribution < -0.4 is 10.6 Å². The number of hydrogen-bond acceptors (Lipinski definition) is 3. The molecule has 124 valence electrons. The van der Waals surface area contributed by atoms with Gasteiger partial charge in [-0.2, -0.15) is 0 Å². The molecule has 0 bridgehead atoms. The van der Waals surface area contributed by atoms with Gasteiger partial charge < -0.3 is 10.6 Å². The molecule has 23 heavy (non-hydrogen) atoms. The quantitative estimate of drug-likeness (QED) is 0.780. The Morgan fingerprint density at radius 3 is 2.74 bits per heavy atom. The standard InChI is InChI=1S/C17H19BrN2OS.ClH/c18-14-5-3-13(4-6-14)15-7-8-16(22-15)17(21)20-11-12-2-1-9-19-10-12;/h3-8,12,19H,1-2,9-11H2,(H,20,21);1H. The first-order valence-corrected chi connectivity index (χ1v) is 9.18. The van der Waals surface area contributed by atoms with Gasteiger partial charge in [0.05, 0.1) is 4.88 Å². The Labute approximate surface area is 155 Å². The molecular weight excluding hydrogens is 396 g/mol. The highest BCUT2D eigenvalue weighted by atomic mass is 79.9. The number of amides is 1. The summed E-state index contributed by atoms with van der Waals surface area (Å²) >= 11 is 4.98. The molecule has 0 aliphatic carbocycles. The van der Waals surface area contributed by atoms with E-state index in [1.807, 2.05) is 24.3 Å². The van der Waals surface area contributed by atoms with Crippen LogP contribution in [0.1, 0.15) is 22.5 Å². The van der Waals surface area contributed by atoms with Crippen molar-refractivity contribution in [3.63, 3.8) is 0 Å². The van der Waals surface area contributed by atoms with Crippen LogP contribution in [0.15, 0.2) is 40.9 Å². The Balaban J connectivity index is 0.00000192. The van der Waals surface area contributed by atoms with E-state index in [1.165, 1.54) is 12.8 Å². The fourth-order valence-corrected chi connectivity index (χ4v) is 3.84. The molecule has 0 radical (unpaired) electrons. The van der Waals surface area contributed by atoms with E-state index in [2.05, 4.69) is 38.7 Å². The van der Waals surface area contributed by atoms with Crippen molar-refractivity contribution in [3.8, 4) is 10.4 Å². The predicted molar refractivity (Wildman–Crippen MR) is 103 cm³/mol. The summed E-state index contributed by atoms with van der Waals surface area (Å²) in [6.07, 6.45) is 2.40. The molecule has 3 nitrogen and oxygen atoms in total. The summed E-state index contributed by atoms with van der Waals surface area (Å²) in [6, 6.07) is 12.1. The molecule has 0 spiro atoms. The highest BCUT2D eigenvalue weighted by molar-refractivity contribution is 9.10.